The number of carbonyl (C=O) groups excluding carboxylic acids is 2. The number of anilines is 2. The van der Waals surface area contributed by atoms with E-state index < -0.39 is 11.8 Å². The first-order valence-electron chi connectivity index (χ1n) is 5.18. The van der Waals surface area contributed by atoms with Gasteiger partial charge in [-0.25, -0.2) is 0 Å². The number of rotatable bonds is 2. The molecule has 2 aromatic rings. The summed E-state index contributed by atoms with van der Waals surface area (Å²) in [4.78, 5) is 30.7. The number of hydrogen-bond donors (Lipinski definition) is 2. The van der Waals surface area contributed by atoms with Crippen LogP contribution in [0.25, 0.3) is 0 Å². The Balaban J connectivity index is 1.96. The summed E-state index contributed by atoms with van der Waals surface area (Å²) in [5, 5.41) is 4.86. The maximum atomic E-state index is 11.5. The average molecular weight is 242 g/mol. The molecule has 0 aliphatic carbocycles. The molecule has 2 amide bonds. The van der Waals surface area contributed by atoms with Crippen molar-refractivity contribution in [2.45, 2.75) is 0 Å². The van der Waals surface area contributed by atoms with Gasteiger partial charge in [-0.05, 0) is 24.3 Å². The van der Waals surface area contributed by atoms with Crippen molar-refractivity contribution in [1.82, 2.24) is 9.97 Å². The minimum atomic E-state index is -0.758. The van der Waals surface area contributed by atoms with E-state index in [0.717, 1.165) is 0 Å². The SMILES string of the molecule is O=C(Nc1cccnc1)C(=O)Nc1cccnc1. The molecule has 0 aliphatic heterocycles. The second kappa shape index (κ2) is 5.53. The van der Waals surface area contributed by atoms with Gasteiger partial charge < -0.3 is 10.6 Å². The van der Waals surface area contributed by atoms with Crippen LogP contribution in [0, 0.1) is 0 Å². The van der Waals surface area contributed by atoms with Gasteiger partial charge in [0.1, 0.15) is 0 Å². The van der Waals surface area contributed by atoms with Gasteiger partial charge in [-0.3, -0.25) is 19.6 Å². The molecule has 2 rings (SSSR count). The largest absolute Gasteiger partial charge is 0.316 e. The minimum Gasteiger partial charge on any atom is -0.316 e. The van der Waals surface area contributed by atoms with Crippen LogP contribution in [0.4, 0.5) is 11.4 Å². The van der Waals surface area contributed by atoms with Crippen molar-refractivity contribution in [1.29, 1.82) is 0 Å². The zero-order chi connectivity index (χ0) is 12.8. The van der Waals surface area contributed by atoms with Crippen molar-refractivity contribution in [3.8, 4) is 0 Å². The molecule has 18 heavy (non-hydrogen) atoms. The molecule has 0 aliphatic rings. The molecule has 0 bridgehead atoms. The van der Waals surface area contributed by atoms with Crippen molar-refractivity contribution in [2.75, 3.05) is 10.6 Å². The van der Waals surface area contributed by atoms with Crippen molar-refractivity contribution in [3.05, 3.63) is 49.1 Å². The van der Waals surface area contributed by atoms with Crippen LogP contribution in [0.1, 0.15) is 0 Å². The van der Waals surface area contributed by atoms with Gasteiger partial charge in [-0.2, -0.15) is 0 Å². The lowest BCUT2D eigenvalue weighted by molar-refractivity contribution is -0.133. The summed E-state index contributed by atoms with van der Waals surface area (Å²) in [5.41, 5.74) is 0.924. The summed E-state index contributed by atoms with van der Waals surface area (Å²) in [6.07, 6.45) is 6.06. The third kappa shape index (κ3) is 3.11. The molecule has 0 spiro atoms. The molecule has 0 unspecified atom stereocenters. The van der Waals surface area contributed by atoms with E-state index in [4.69, 9.17) is 0 Å². The maximum Gasteiger partial charge on any atom is 0.314 e. The summed E-state index contributed by atoms with van der Waals surface area (Å²) in [6.45, 7) is 0. The van der Waals surface area contributed by atoms with Gasteiger partial charge in [-0.1, -0.05) is 0 Å². The van der Waals surface area contributed by atoms with Crippen molar-refractivity contribution >= 4 is 23.2 Å². The Labute approximate surface area is 103 Å². The Hall–Kier alpha value is -2.76. The molecule has 0 saturated carbocycles. The monoisotopic (exact) mass is 242 g/mol. The van der Waals surface area contributed by atoms with Gasteiger partial charge in [0.25, 0.3) is 0 Å². The van der Waals surface area contributed by atoms with Crippen LogP contribution in [-0.2, 0) is 9.59 Å². The first kappa shape index (κ1) is 11.7. The highest BCUT2D eigenvalue weighted by molar-refractivity contribution is 6.43. The predicted octanol–water partition coefficient (Wildman–Crippen LogP) is 1.05. The molecule has 0 atom stereocenters. The molecule has 0 fully saturated rings. The summed E-state index contributed by atoms with van der Waals surface area (Å²) in [7, 11) is 0. The smallest absolute Gasteiger partial charge is 0.314 e. The number of carbonyl (C=O) groups is 2. The lowest BCUT2D eigenvalue weighted by Gasteiger charge is -2.05. The first-order chi connectivity index (χ1) is 8.75. The maximum absolute atomic E-state index is 11.5. The lowest BCUT2D eigenvalue weighted by atomic mass is 10.4. The van der Waals surface area contributed by atoms with Crippen LogP contribution in [0.3, 0.4) is 0 Å². The quantitative estimate of drug-likeness (QED) is 0.771. The molecule has 90 valence electrons. The fraction of sp³-hybridized carbons (Fsp3) is 0. The zero-order valence-electron chi connectivity index (χ0n) is 9.33. The fourth-order valence-corrected chi connectivity index (χ4v) is 1.25. The number of nitrogens with one attached hydrogen (secondary N) is 2. The van der Waals surface area contributed by atoms with Crippen LogP contribution in [-0.4, -0.2) is 21.8 Å². The molecule has 2 N–H and O–H groups in total. The van der Waals surface area contributed by atoms with E-state index in [0.29, 0.717) is 11.4 Å². The number of aromatic nitrogens is 2. The Morgan fingerprint density at radius 2 is 1.28 bits per heavy atom. The van der Waals surface area contributed by atoms with Crippen LogP contribution < -0.4 is 10.6 Å². The van der Waals surface area contributed by atoms with Gasteiger partial charge >= 0.3 is 11.8 Å². The zero-order valence-corrected chi connectivity index (χ0v) is 9.33. The van der Waals surface area contributed by atoms with E-state index in [9.17, 15) is 9.59 Å². The van der Waals surface area contributed by atoms with Gasteiger partial charge in [0.15, 0.2) is 0 Å². The summed E-state index contributed by atoms with van der Waals surface area (Å²) in [6, 6.07) is 6.60. The second-order valence-corrected chi connectivity index (χ2v) is 3.39. The van der Waals surface area contributed by atoms with E-state index in [1.54, 1.807) is 36.7 Å². The fourth-order valence-electron chi connectivity index (χ4n) is 1.25. The Bertz CT molecular complexity index is 491. The van der Waals surface area contributed by atoms with Gasteiger partial charge in [0.05, 0.1) is 23.8 Å². The predicted molar refractivity (Wildman–Crippen MR) is 65.7 cm³/mol. The van der Waals surface area contributed by atoms with Crippen LogP contribution in [0.15, 0.2) is 49.1 Å². The molecule has 2 heterocycles. The topological polar surface area (TPSA) is 84.0 Å². The average Bonchev–Trinajstić information content (AvgIpc) is 2.41. The summed E-state index contributed by atoms with van der Waals surface area (Å²) in [5.74, 6) is -1.52. The first-order valence-corrected chi connectivity index (χ1v) is 5.18. The third-order valence-electron chi connectivity index (χ3n) is 2.05. The third-order valence-corrected chi connectivity index (χ3v) is 2.05. The van der Waals surface area contributed by atoms with E-state index in [-0.39, 0.29) is 0 Å². The lowest BCUT2D eigenvalue weighted by Crippen LogP contribution is -2.29. The van der Waals surface area contributed by atoms with Crippen molar-refractivity contribution < 1.29 is 9.59 Å². The summed E-state index contributed by atoms with van der Waals surface area (Å²) >= 11 is 0. The Kier molecular flexibility index (Phi) is 3.60. The van der Waals surface area contributed by atoms with E-state index in [2.05, 4.69) is 20.6 Å². The highest BCUT2D eigenvalue weighted by Gasteiger charge is 2.13. The minimum absolute atomic E-state index is 0.462. The van der Waals surface area contributed by atoms with Crippen LogP contribution in [0.5, 0.6) is 0 Å². The van der Waals surface area contributed by atoms with Gasteiger partial charge in [-0.15, -0.1) is 0 Å². The molecule has 0 aromatic carbocycles. The molecule has 6 heteroatoms. The van der Waals surface area contributed by atoms with E-state index >= 15 is 0 Å². The number of amides is 2. The van der Waals surface area contributed by atoms with Gasteiger partial charge in [0.2, 0.25) is 0 Å². The molecule has 0 saturated heterocycles. The van der Waals surface area contributed by atoms with Crippen LogP contribution in [0.2, 0.25) is 0 Å². The molecular weight excluding hydrogens is 232 g/mol. The highest BCUT2D eigenvalue weighted by Crippen LogP contribution is 2.05. The molecule has 0 radical (unpaired) electrons. The van der Waals surface area contributed by atoms with E-state index in [1.807, 2.05) is 0 Å². The summed E-state index contributed by atoms with van der Waals surface area (Å²) < 4.78 is 0. The second-order valence-electron chi connectivity index (χ2n) is 3.39. The van der Waals surface area contributed by atoms with Gasteiger partial charge in [0, 0.05) is 12.4 Å². The van der Waals surface area contributed by atoms with E-state index in [1.165, 1.54) is 12.4 Å². The normalized spacial score (nSPS) is 9.56. The standard InChI is InChI=1S/C12H10N4O2/c17-11(15-9-3-1-5-13-7-9)12(18)16-10-4-2-6-14-8-10/h1-8H,(H,15,17)(H,16,18). The number of pyridine rings is 2. The van der Waals surface area contributed by atoms with Crippen molar-refractivity contribution in [2.24, 2.45) is 0 Å². The number of hydrogen-bond acceptors (Lipinski definition) is 4. The van der Waals surface area contributed by atoms with Crippen LogP contribution >= 0.6 is 0 Å². The highest BCUT2D eigenvalue weighted by atomic mass is 16.2. The number of nitrogens with zero attached hydrogens (tertiary/aromatic N) is 2. The molecular formula is C12H10N4O2. The Morgan fingerprint density at radius 3 is 1.61 bits per heavy atom. The molecule has 6 nitrogen and oxygen atoms in total. The van der Waals surface area contributed by atoms with Crippen molar-refractivity contribution in [3.63, 3.8) is 0 Å². The Morgan fingerprint density at radius 1 is 0.833 bits per heavy atom. The molecule has 2 aromatic heterocycles.